The van der Waals surface area contributed by atoms with Gasteiger partial charge < -0.3 is 16.2 Å². The van der Waals surface area contributed by atoms with E-state index in [2.05, 4.69) is 5.32 Å². The first kappa shape index (κ1) is 14.9. The largest absolute Gasteiger partial charge is 0.480 e. The molecule has 91 valence electrons. The third-order valence-electron chi connectivity index (χ3n) is 1.81. The normalized spacial score (nSPS) is 13.9. The Morgan fingerprint density at radius 3 is 2.62 bits per heavy atom. The van der Waals surface area contributed by atoms with Crippen molar-refractivity contribution in [3.05, 3.63) is 0 Å². The number of carbonyl (C=O) groups excluding carboxylic acids is 2. The molecule has 0 rings (SSSR count). The molecule has 0 aromatic heterocycles. The van der Waals surface area contributed by atoms with Crippen LogP contribution in [0.1, 0.15) is 12.8 Å². The number of thioether (sulfide) groups is 1. The average Bonchev–Trinajstić information content (AvgIpc) is 2.24. The molecule has 0 bridgehead atoms. The van der Waals surface area contributed by atoms with Crippen molar-refractivity contribution < 1.29 is 19.5 Å². The minimum atomic E-state index is -1.14. The van der Waals surface area contributed by atoms with Crippen molar-refractivity contribution in [2.45, 2.75) is 24.9 Å². The van der Waals surface area contributed by atoms with Gasteiger partial charge in [-0.1, -0.05) is 0 Å². The summed E-state index contributed by atoms with van der Waals surface area (Å²) in [6.45, 7) is 0. The first-order valence-corrected chi connectivity index (χ1v) is 6.05. The zero-order valence-corrected chi connectivity index (χ0v) is 9.75. The van der Waals surface area contributed by atoms with Gasteiger partial charge in [-0.05, 0) is 12.7 Å². The molecule has 0 aliphatic carbocycles. The van der Waals surface area contributed by atoms with Gasteiger partial charge in [0.2, 0.25) is 12.2 Å². The number of amides is 1. The van der Waals surface area contributed by atoms with E-state index in [1.54, 1.807) is 12.5 Å². The van der Waals surface area contributed by atoms with E-state index in [0.717, 1.165) is 0 Å². The van der Waals surface area contributed by atoms with E-state index < -0.39 is 18.1 Å². The summed E-state index contributed by atoms with van der Waals surface area (Å²) < 4.78 is 0. The lowest BCUT2D eigenvalue weighted by Gasteiger charge is -2.11. The van der Waals surface area contributed by atoms with Gasteiger partial charge in [-0.15, -0.1) is 0 Å². The molecule has 6 nitrogen and oxygen atoms in total. The molecule has 2 atom stereocenters. The number of carboxylic acid groups (broad SMARTS) is 1. The van der Waals surface area contributed by atoms with E-state index in [-0.39, 0.29) is 18.7 Å². The number of hydrogen-bond acceptors (Lipinski definition) is 5. The highest BCUT2D eigenvalue weighted by molar-refractivity contribution is 7.98. The summed E-state index contributed by atoms with van der Waals surface area (Å²) in [5.41, 5.74) is 5.23. The summed E-state index contributed by atoms with van der Waals surface area (Å²) in [5, 5.41) is 10.9. The van der Waals surface area contributed by atoms with Crippen LogP contribution in [-0.2, 0) is 14.4 Å². The molecule has 0 aromatic carbocycles. The first-order chi connectivity index (χ1) is 7.51. The second-order valence-electron chi connectivity index (χ2n) is 3.18. The number of hydrogen-bond donors (Lipinski definition) is 3. The van der Waals surface area contributed by atoms with Crippen LogP contribution in [0.2, 0.25) is 0 Å². The Bertz CT molecular complexity index is 260. The minimum absolute atomic E-state index is 0.0139. The van der Waals surface area contributed by atoms with Crippen molar-refractivity contribution in [1.29, 1.82) is 0 Å². The lowest BCUT2D eigenvalue weighted by molar-refractivity contribution is -0.138. The van der Waals surface area contributed by atoms with Crippen molar-refractivity contribution in [1.82, 2.24) is 5.32 Å². The molecule has 0 spiro atoms. The van der Waals surface area contributed by atoms with E-state index in [9.17, 15) is 14.4 Å². The van der Waals surface area contributed by atoms with Gasteiger partial charge in [0.25, 0.3) is 0 Å². The summed E-state index contributed by atoms with van der Waals surface area (Å²) in [4.78, 5) is 32.0. The maximum Gasteiger partial charge on any atom is 0.320 e. The lowest BCUT2D eigenvalue weighted by atomic mass is 10.1. The fourth-order valence-electron chi connectivity index (χ4n) is 0.948. The monoisotopic (exact) mass is 247 g/mol. The number of aliphatic carboxylic acids is 1. The SMILES string of the molecule is CSC[C@@H]([C]=O)NC(=O)CC[C@H](N)C(=O)O. The van der Waals surface area contributed by atoms with Gasteiger partial charge in [-0.3, -0.25) is 14.4 Å². The average molecular weight is 247 g/mol. The topological polar surface area (TPSA) is 109 Å². The van der Waals surface area contributed by atoms with Gasteiger partial charge in [0.05, 0.1) is 0 Å². The zero-order chi connectivity index (χ0) is 12.6. The summed E-state index contributed by atoms with van der Waals surface area (Å²) in [5.74, 6) is -1.09. The third kappa shape index (κ3) is 6.41. The maximum absolute atomic E-state index is 11.3. The van der Waals surface area contributed by atoms with Crippen molar-refractivity contribution in [2.75, 3.05) is 12.0 Å². The molecule has 0 aromatic rings. The Hall–Kier alpha value is -1.08. The summed E-state index contributed by atoms with van der Waals surface area (Å²) in [7, 11) is 0. The van der Waals surface area contributed by atoms with Gasteiger partial charge in [-0.25, -0.2) is 0 Å². The van der Waals surface area contributed by atoms with Crippen LogP contribution in [0.25, 0.3) is 0 Å². The molecule has 1 amide bonds. The van der Waals surface area contributed by atoms with Crippen LogP contribution in [0.15, 0.2) is 0 Å². The Labute approximate surface area is 98.0 Å². The fraction of sp³-hybridized carbons (Fsp3) is 0.667. The van der Waals surface area contributed by atoms with Crippen LogP contribution in [0, 0.1) is 0 Å². The lowest BCUT2D eigenvalue weighted by Crippen LogP contribution is -2.39. The highest BCUT2D eigenvalue weighted by atomic mass is 32.2. The van der Waals surface area contributed by atoms with Gasteiger partial charge in [-0.2, -0.15) is 11.8 Å². The predicted octanol–water partition coefficient (Wildman–Crippen LogP) is -0.864. The number of carboxylic acids is 1. The Balaban J connectivity index is 3.89. The second-order valence-corrected chi connectivity index (χ2v) is 4.09. The molecule has 16 heavy (non-hydrogen) atoms. The molecule has 4 N–H and O–H groups in total. The van der Waals surface area contributed by atoms with E-state index in [0.29, 0.717) is 5.75 Å². The third-order valence-corrected chi connectivity index (χ3v) is 2.48. The van der Waals surface area contributed by atoms with Crippen LogP contribution >= 0.6 is 11.8 Å². The molecular weight excluding hydrogens is 232 g/mol. The van der Waals surface area contributed by atoms with Crippen LogP contribution in [0.5, 0.6) is 0 Å². The number of carbonyl (C=O) groups is 2. The van der Waals surface area contributed by atoms with Crippen molar-refractivity contribution in [3.63, 3.8) is 0 Å². The molecule has 0 aliphatic rings. The Morgan fingerprint density at radius 1 is 1.56 bits per heavy atom. The van der Waals surface area contributed by atoms with Crippen LogP contribution in [0.3, 0.4) is 0 Å². The number of rotatable bonds is 8. The molecule has 0 unspecified atom stereocenters. The maximum atomic E-state index is 11.3. The van der Waals surface area contributed by atoms with Crippen molar-refractivity contribution in [2.24, 2.45) is 5.73 Å². The number of nitrogens with one attached hydrogen (secondary N) is 1. The van der Waals surface area contributed by atoms with Gasteiger partial charge >= 0.3 is 5.97 Å². The minimum Gasteiger partial charge on any atom is -0.480 e. The number of nitrogens with two attached hydrogens (primary N) is 1. The molecule has 0 saturated carbocycles. The van der Waals surface area contributed by atoms with Gasteiger partial charge in [0.15, 0.2) is 0 Å². The standard InChI is InChI=1S/C9H15N2O4S/c1-16-5-6(4-12)11-8(13)3-2-7(10)9(14)15/h6-7H,2-3,5,10H2,1H3,(H,11,13)(H,14,15)/t6-,7+/m1/s1. The van der Waals surface area contributed by atoms with E-state index >= 15 is 0 Å². The second kappa shape index (κ2) is 8.12. The Kier molecular flexibility index (Phi) is 7.57. The molecular formula is C9H15N2O4S. The molecule has 0 heterocycles. The van der Waals surface area contributed by atoms with Gasteiger partial charge in [0.1, 0.15) is 12.1 Å². The first-order valence-electron chi connectivity index (χ1n) is 4.65. The van der Waals surface area contributed by atoms with E-state index in [4.69, 9.17) is 10.8 Å². The van der Waals surface area contributed by atoms with E-state index in [1.165, 1.54) is 11.8 Å². The summed E-state index contributed by atoms with van der Waals surface area (Å²) in [6, 6.07) is -1.70. The highest BCUT2D eigenvalue weighted by Gasteiger charge is 2.15. The highest BCUT2D eigenvalue weighted by Crippen LogP contribution is 1.98. The molecule has 1 radical (unpaired) electrons. The molecule has 0 fully saturated rings. The van der Waals surface area contributed by atoms with Gasteiger partial charge in [0, 0.05) is 12.2 Å². The molecule has 7 heteroatoms. The van der Waals surface area contributed by atoms with Crippen LogP contribution in [0.4, 0.5) is 0 Å². The smallest absolute Gasteiger partial charge is 0.320 e. The Morgan fingerprint density at radius 2 is 2.19 bits per heavy atom. The fourth-order valence-corrected chi connectivity index (χ4v) is 1.43. The van der Waals surface area contributed by atoms with E-state index in [1.807, 2.05) is 0 Å². The zero-order valence-electron chi connectivity index (χ0n) is 8.93. The summed E-state index contributed by atoms with van der Waals surface area (Å²) >= 11 is 1.41. The quantitative estimate of drug-likeness (QED) is 0.514. The molecule has 0 saturated heterocycles. The molecule has 0 aliphatic heterocycles. The van der Waals surface area contributed by atoms with Crippen molar-refractivity contribution in [3.8, 4) is 0 Å². The predicted molar refractivity (Wildman–Crippen MR) is 60.9 cm³/mol. The van der Waals surface area contributed by atoms with Crippen molar-refractivity contribution >= 4 is 29.9 Å². The van der Waals surface area contributed by atoms with Crippen LogP contribution < -0.4 is 11.1 Å². The van der Waals surface area contributed by atoms with Crippen LogP contribution in [-0.4, -0.2) is 47.4 Å². The summed E-state index contributed by atoms with van der Waals surface area (Å²) in [6.07, 6.45) is 3.53.